The van der Waals surface area contributed by atoms with Gasteiger partial charge in [-0.15, -0.1) is 11.8 Å². The standard InChI is InChI=1S/C25H29N3O9S.Na/c1-12(29)36-10-15-11-38-22-18(21(31)28(22)19(15)23(32)33)26-20(30)17(27-24(34)37-25(2,3)4)14-5-6-16-13(9-14)7-8-35-16;/h5-6,9,17-18,22H,7-8,10-11H2,1-4H3,(H,26,30)(H,27,34)(H,32,33);/q;+1/p-1. The molecule has 3 heterocycles. The molecule has 14 heteroatoms. The van der Waals surface area contributed by atoms with E-state index in [1.807, 2.05) is 0 Å². The molecule has 1 aromatic rings. The first-order valence-corrected chi connectivity index (χ1v) is 13.0. The normalized spacial score (nSPS) is 20.3. The molecule has 3 unspecified atom stereocenters. The summed E-state index contributed by atoms with van der Waals surface area (Å²) in [5.41, 5.74) is 0.398. The van der Waals surface area contributed by atoms with Crippen LogP contribution in [0.15, 0.2) is 29.5 Å². The number of amides is 3. The van der Waals surface area contributed by atoms with Crippen LogP contribution in [0.2, 0.25) is 0 Å². The average molecular weight is 570 g/mol. The molecule has 3 aliphatic rings. The Morgan fingerprint density at radius 2 is 1.97 bits per heavy atom. The summed E-state index contributed by atoms with van der Waals surface area (Å²) in [4.78, 5) is 63.0. The second-order valence-corrected chi connectivity index (χ2v) is 11.1. The number of hydrogen-bond donors (Lipinski definition) is 2. The molecular formula is C25H28N3NaO9S. The maximum atomic E-state index is 13.4. The first kappa shape index (κ1) is 30.8. The first-order chi connectivity index (χ1) is 17.9. The molecule has 3 aliphatic heterocycles. The number of carboxylic acid groups (broad SMARTS) is 1. The van der Waals surface area contributed by atoms with E-state index >= 15 is 0 Å². The molecule has 0 aliphatic carbocycles. The Hall–Kier alpha value is -2.74. The van der Waals surface area contributed by atoms with Crippen molar-refractivity contribution >= 4 is 41.6 Å². The Morgan fingerprint density at radius 3 is 2.62 bits per heavy atom. The van der Waals surface area contributed by atoms with Gasteiger partial charge in [-0.1, -0.05) is 6.07 Å². The van der Waals surface area contributed by atoms with Crippen LogP contribution in [-0.2, 0) is 35.1 Å². The van der Waals surface area contributed by atoms with Crippen LogP contribution in [0.25, 0.3) is 0 Å². The van der Waals surface area contributed by atoms with Crippen LogP contribution in [0, 0.1) is 0 Å². The first-order valence-electron chi connectivity index (χ1n) is 11.9. The number of nitrogens with one attached hydrogen (secondary N) is 2. The number of aliphatic carboxylic acids is 1. The Morgan fingerprint density at radius 1 is 1.26 bits per heavy atom. The van der Waals surface area contributed by atoms with Crippen molar-refractivity contribution in [3.05, 3.63) is 40.6 Å². The number of hydrogen-bond acceptors (Lipinski definition) is 10. The van der Waals surface area contributed by atoms with Crippen molar-refractivity contribution in [1.29, 1.82) is 0 Å². The zero-order valence-corrected chi connectivity index (χ0v) is 25.1. The summed E-state index contributed by atoms with van der Waals surface area (Å²) in [6.07, 6.45) is -0.174. The molecule has 0 spiro atoms. The molecule has 4 rings (SSSR count). The summed E-state index contributed by atoms with van der Waals surface area (Å²) in [7, 11) is 0. The van der Waals surface area contributed by atoms with Gasteiger partial charge in [0.2, 0.25) is 5.91 Å². The maximum Gasteiger partial charge on any atom is 1.00 e. The number of ether oxygens (including phenoxy) is 3. The van der Waals surface area contributed by atoms with Crippen LogP contribution in [0.3, 0.4) is 0 Å². The minimum Gasteiger partial charge on any atom is -0.543 e. The summed E-state index contributed by atoms with van der Waals surface area (Å²) in [5, 5.41) is 16.3. The van der Waals surface area contributed by atoms with E-state index in [0.717, 1.165) is 10.5 Å². The molecule has 204 valence electrons. The van der Waals surface area contributed by atoms with Crippen LogP contribution in [0.4, 0.5) is 4.79 Å². The predicted octanol–water partition coefficient (Wildman–Crippen LogP) is -2.84. The Kier molecular flexibility index (Phi) is 9.63. The number of thioether (sulfide) groups is 1. The van der Waals surface area contributed by atoms with E-state index in [0.29, 0.717) is 24.3 Å². The van der Waals surface area contributed by atoms with Gasteiger partial charge in [0.25, 0.3) is 5.91 Å². The van der Waals surface area contributed by atoms with E-state index in [1.54, 1.807) is 39.0 Å². The fraction of sp³-hybridized carbons (Fsp3) is 0.480. The molecule has 2 N–H and O–H groups in total. The zero-order valence-electron chi connectivity index (χ0n) is 22.3. The van der Waals surface area contributed by atoms with E-state index in [9.17, 15) is 29.1 Å². The number of β-lactam (4-membered cyclic amide) rings is 1. The van der Waals surface area contributed by atoms with Crippen molar-refractivity contribution in [2.24, 2.45) is 0 Å². The second-order valence-electron chi connectivity index (χ2n) is 9.96. The van der Waals surface area contributed by atoms with E-state index in [-0.39, 0.29) is 53.2 Å². The van der Waals surface area contributed by atoms with Crippen molar-refractivity contribution in [2.45, 2.75) is 57.2 Å². The van der Waals surface area contributed by atoms with Gasteiger partial charge in [-0.25, -0.2) is 4.79 Å². The van der Waals surface area contributed by atoms with Crippen LogP contribution >= 0.6 is 11.8 Å². The molecule has 3 atom stereocenters. The molecular weight excluding hydrogens is 541 g/mol. The Bertz CT molecular complexity index is 1230. The monoisotopic (exact) mass is 569 g/mol. The number of fused-ring (bicyclic) bond motifs is 2. The smallest absolute Gasteiger partial charge is 0.543 e. The summed E-state index contributed by atoms with van der Waals surface area (Å²) in [6.45, 7) is 6.47. The van der Waals surface area contributed by atoms with Crippen molar-refractivity contribution in [3.8, 4) is 5.75 Å². The third-order valence-electron chi connectivity index (χ3n) is 5.96. The van der Waals surface area contributed by atoms with Gasteiger partial charge in [0, 0.05) is 24.7 Å². The fourth-order valence-electron chi connectivity index (χ4n) is 4.32. The number of esters is 1. The second kappa shape index (κ2) is 12.2. The topological polar surface area (TPSA) is 163 Å². The van der Waals surface area contributed by atoms with E-state index in [2.05, 4.69) is 10.6 Å². The van der Waals surface area contributed by atoms with E-state index < -0.39 is 52.9 Å². The molecule has 39 heavy (non-hydrogen) atoms. The van der Waals surface area contributed by atoms with Gasteiger partial charge in [-0.3, -0.25) is 19.3 Å². The molecule has 0 radical (unpaired) electrons. The summed E-state index contributed by atoms with van der Waals surface area (Å²) in [5.74, 6) is -2.65. The molecule has 0 saturated carbocycles. The van der Waals surface area contributed by atoms with Gasteiger partial charge in [0.1, 0.15) is 35.4 Å². The van der Waals surface area contributed by atoms with Crippen molar-refractivity contribution in [1.82, 2.24) is 15.5 Å². The third-order valence-corrected chi connectivity index (χ3v) is 7.30. The van der Waals surface area contributed by atoms with Gasteiger partial charge in [-0.2, -0.15) is 0 Å². The number of carbonyl (C=O) groups is 5. The molecule has 1 fully saturated rings. The van der Waals surface area contributed by atoms with Crippen molar-refractivity contribution in [2.75, 3.05) is 19.0 Å². The largest absolute Gasteiger partial charge is 1.00 e. The number of carboxylic acids is 1. The Balaban J connectivity index is 0.00000420. The summed E-state index contributed by atoms with van der Waals surface area (Å²) >= 11 is 1.21. The van der Waals surface area contributed by atoms with E-state index in [4.69, 9.17) is 14.2 Å². The van der Waals surface area contributed by atoms with Gasteiger partial charge < -0.3 is 34.7 Å². The van der Waals surface area contributed by atoms with Crippen molar-refractivity contribution in [3.63, 3.8) is 0 Å². The Labute approximate surface area is 251 Å². The molecule has 0 aromatic heterocycles. The van der Waals surface area contributed by atoms with Crippen molar-refractivity contribution < 1.29 is 72.8 Å². The summed E-state index contributed by atoms with van der Waals surface area (Å²) in [6, 6.07) is 2.88. The average Bonchev–Trinajstić information content (AvgIpc) is 3.30. The minimum atomic E-state index is -1.58. The maximum absolute atomic E-state index is 13.4. The molecule has 12 nitrogen and oxygen atoms in total. The van der Waals surface area contributed by atoms with Gasteiger partial charge in [0.15, 0.2) is 0 Å². The van der Waals surface area contributed by atoms with Gasteiger partial charge in [-0.05, 0) is 44.0 Å². The zero-order chi connectivity index (χ0) is 27.8. The molecule has 1 saturated heterocycles. The van der Waals surface area contributed by atoms with E-state index in [1.165, 1.54) is 18.7 Å². The minimum absolute atomic E-state index is 0. The van der Waals surface area contributed by atoms with Gasteiger partial charge >= 0.3 is 41.6 Å². The van der Waals surface area contributed by atoms with Crippen LogP contribution in [0.1, 0.15) is 44.9 Å². The number of alkyl carbamates (subject to hydrolysis) is 1. The van der Waals surface area contributed by atoms with Gasteiger partial charge in [0.05, 0.1) is 18.3 Å². The number of carbonyl (C=O) groups excluding carboxylic acids is 5. The van der Waals surface area contributed by atoms with Crippen LogP contribution in [0.5, 0.6) is 5.75 Å². The number of benzene rings is 1. The number of rotatable bonds is 7. The molecule has 0 bridgehead atoms. The third kappa shape index (κ3) is 6.89. The molecule has 3 amide bonds. The quantitative estimate of drug-likeness (QED) is 0.199. The molecule has 1 aromatic carbocycles. The fourth-order valence-corrected chi connectivity index (χ4v) is 5.65. The SMILES string of the molecule is CC(=O)OCC1=C(C(=O)[O-])N2C(=O)C(NC(=O)C(NC(=O)OC(C)(C)C)c3ccc4c(c3)CCO4)C2SC1.[Na+]. The summed E-state index contributed by atoms with van der Waals surface area (Å²) < 4.78 is 15.8. The predicted molar refractivity (Wildman–Crippen MR) is 131 cm³/mol. The van der Waals surface area contributed by atoms with Crippen LogP contribution < -0.4 is 50.0 Å². The van der Waals surface area contributed by atoms with Crippen LogP contribution in [-0.4, -0.2) is 70.7 Å². The number of nitrogens with zero attached hydrogens (tertiary/aromatic N) is 1.